The van der Waals surface area contributed by atoms with Gasteiger partial charge in [-0.3, -0.25) is 9.63 Å². The molecule has 0 saturated heterocycles. The fourth-order valence-corrected chi connectivity index (χ4v) is 1.63. The lowest BCUT2D eigenvalue weighted by atomic mass is 10.2. The number of hydroxylamine groups is 1. The molecule has 0 heterocycles. The summed E-state index contributed by atoms with van der Waals surface area (Å²) in [5.74, 6) is 0.367. The molecule has 6 heteroatoms. The van der Waals surface area contributed by atoms with E-state index in [2.05, 4.69) is 5.48 Å². The van der Waals surface area contributed by atoms with Crippen LogP contribution in [0.15, 0.2) is 18.2 Å². The number of ether oxygens (including phenoxy) is 1. The van der Waals surface area contributed by atoms with Gasteiger partial charge >= 0.3 is 0 Å². The van der Waals surface area contributed by atoms with Gasteiger partial charge in [0, 0.05) is 5.02 Å². The van der Waals surface area contributed by atoms with Gasteiger partial charge in [0.05, 0.1) is 11.6 Å². The summed E-state index contributed by atoms with van der Waals surface area (Å²) in [6, 6.07) is 4.81. The van der Waals surface area contributed by atoms with Crippen molar-refractivity contribution in [1.29, 1.82) is 0 Å². The fraction of sp³-hybridized carbons (Fsp3) is 0.462. The van der Waals surface area contributed by atoms with Crippen molar-refractivity contribution in [3.05, 3.63) is 28.2 Å². The van der Waals surface area contributed by atoms with Gasteiger partial charge in [0.25, 0.3) is 5.91 Å². The molecule has 0 bridgehead atoms. The zero-order chi connectivity index (χ0) is 14.4. The minimum atomic E-state index is -0.717. The number of amides is 1. The quantitative estimate of drug-likeness (QED) is 0.819. The second-order valence-electron chi connectivity index (χ2n) is 4.51. The van der Waals surface area contributed by atoms with Crippen LogP contribution in [0.2, 0.25) is 10.0 Å². The number of carbonyl (C=O) groups excluding carboxylic acids is 1. The standard InChI is InChI=1S/C13H17Cl2NO3/c1-8(2)7-18-16-13(17)9(3)19-12-5-4-10(14)6-11(12)15/h4-6,8-9H,7H2,1-3H3,(H,16,17). The highest BCUT2D eigenvalue weighted by Crippen LogP contribution is 2.28. The van der Waals surface area contributed by atoms with Crippen molar-refractivity contribution in [2.75, 3.05) is 6.61 Å². The van der Waals surface area contributed by atoms with Crippen LogP contribution in [0.25, 0.3) is 0 Å². The van der Waals surface area contributed by atoms with Gasteiger partial charge in [0.2, 0.25) is 0 Å². The first-order valence-electron chi connectivity index (χ1n) is 5.93. The Morgan fingerprint density at radius 2 is 2.00 bits per heavy atom. The summed E-state index contributed by atoms with van der Waals surface area (Å²) < 4.78 is 5.44. The van der Waals surface area contributed by atoms with Gasteiger partial charge in [-0.2, -0.15) is 0 Å². The molecular weight excluding hydrogens is 289 g/mol. The maximum absolute atomic E-state index is 11.7. The first-order chi connectivity index (χ1) is 8.90. The molecule has 0 fully saturated rings. The third-order valence-corrected chi connectivity index (χ3v) is 2.69. The van der Waals surface area contributed by atoms with E-state index < -0.39 is 6.10 Å². The molecule has 0 spiro atoms. The van der Waals surface area contributed by atoms with E-state index in [0.29, 0.717) is 28.3 Å². The van der Waals surface area contributed by atoms with Crippen molar-refractivity contribution in [3.63, 3.8) is 0 Å². The molecule has 1 N–H and O–H groups in total. The lowest BCUT2D eigenvalue weighted by Crippen LogP contribution is -2.37. The first-order valence-corrected chi connectivity index (χ1v) is 6.69. The van der Waals surface area contributed by atoms with Gasteiger partial charge in [-0.15, -0.1) is 0 Å². The number of rotatable bonds is 6. The van der Waals surface area contributed by atoms with Crippen molar-refractivity contribution in [2.24, 2.45) is 5.92 Å². The third-order valence-electron chi connectivity index (χ3n) is 2.16. The van der Waals surface area contributed by atoms with Crippen molar-refractivity contribution in [3.8, 4) is 5.75 Å². The molecule has 1 atom stereocenters. The Kier molecular flexibility index (Phi) is 6.42. The minimum Gasteiger partial charge on any atom is -0.479 e. The molecule has 1 unspecified atom stereocenters. The van der Waals surface area contributed by atoms with Crippen LogP contribution in [0.1, 0.15) is 20.8 Å². The van der Waals surface area contributed by atoms with E-state index >= 15 is 0 Å². The summed E-state index contributed by atoms with van der Waals surface area (Å²) in [7, 11) is 0. The highest BCUT2D eigenvalue weighted by Gasteiger charge is 2.16. The van der Waals surface area contributed by atoms with Gasteiger partial charge < -0.3 is 4.74 Å². The van der Waals surface area contributed by atoms with Crippen LogP contribution in [0.5, 0.6) is 5.75 Å². The van der Waals surface area contributed by atoms with Gasteiger partial charge in [-0.25, -0.2) is 5.48 Å². The molecule has 0 saturated carbocycles. The third kappa shape index (κ3) is 5.68. The molecule has 1 rings (SSSR count). The highest BCUT2D eigenvalue weighted by molar-refractivity contribution is 6.35. The number of nitrogens with one attached hydrogen (secondary N) is 1. The predicted molar refractivity (Wildman–Crippen MR) is 75.5 cm³/mol. The number of hydrogen-bond donors (Lipinski definition) is 1. The smallest absolute Gasteiger partial charge is 0.284 e. The van der Waals surface area contributed by atoms with Crippen LogP contribution in [-0.4, -0.2) is 18.6 Å². The van der Waals surface area contributed by atoms with E-state index in [0.717, 1.165) is 0 Å². The molecular formula is C13H17Cl2NO3. The summed E-state index contributed by atoms with van der Waals surface area (Å²) >= 11 is 11.7. The molecule has 0 aliphatic heterocycles. The van der Waals surface area contributed by atoms with Gasteiger partial charge in [0.1, 0.15) is 5.75 Å². The van der Waals surface area contributed by atoms with Crippen LogP contribution in [-0.2, 0) is 9.63 Å². The van der Waals surface area contributed by atoms with Crippen molar-refractivity contribution >= 4 is 29.1 Å². The molecule has 1 amide bonds. The average Bonchev–Trinajstić information content (AvgIpc) is 2.32. The van der Waals surface area contributed by atoms with E-state index in [1.54, 1.807) is 25.1 Å². The molecule has 106 valence electrons. The summed E-state index contributed by atoms with van der Waals surface area (Å²) in [6.45, 7) is 6.03. The van der Waals surface area contributed by atoms with E-state index in [1.165, 1.54) is 0 Å². The van der Waals surface area contributed by atoms with E-state index in [4.69, 9.17) is 32.8 Å². The second kappa shape index (κ2) is 7.58. The first kappa shape index (κ1) is 16.1. The Hall–Kier alpha value is -0.970. The predicted octanol–water partition coefficient (Wildman–Crippen LogP) is 3.46. The van der Waals surface area contributed by atoms with Crippen LogP contribution in [0.3, 0.4) is 0 Å². The number of hydrogen-bond acceptors (Lipinski definition) is 3. The second-order valence-corrected chi connectivity index (χ2v) is 5.35. The molecule has 0 aliphatic rings. The molecule has 1 aromatic rings. The Morgan fingerprint density at radius 1 is 1.32 bits per heavy atom. The Labute approximate surface area is 122 Å². The fourth-order valence-electron chi connectivity index (χ4n) is 1.18. The lowest BCUT2D eigenvalue weighted by Gasteiger charge is -2.16. The van der Waals surface area contributed by atoms with Crippen molar-refractivity contribution in [1.82, 2.24) is 5.48 Å². The van der Waals surface area contributed by atoms with Crippen LogP contribution < -0.4 is 10.2 Å². The summed E-state index contributed by atoms with van der Waals surface area (Å²) in [5, 5.41) is 0.866. The Balaban J connectivity index is 2.49. The molecule has 0 aliphatic carbocycles. The largest absolute Gasteiger partial charge is 0.479 e. The molecule has 1 aromatic carbocycles. The summed E-state index contributed by atoms with van der Waals surface area (Å²) in [6.07, 6.45) is -0.717. The average molecular weight is 306 g/mol. The van der Waals surface area contributed by atoms with E-state index in [1.807, 2.05) is 13.8 Å². The zero-order valence-electron chi connectivity index (χ0n) is 11.1. The maximum Gasteiger partial charge on any atom is 0.284 e. The lowest BCUT2D eigenvalue weighted by molar-refractivity contribution is -0.140. The topological polar surface area (TPSA) is 47.6 Å². The van der Waals surface area contributed by atoms with Gasteiger partial charge in [-0.1, -0.05) is 37.0 Å². The number of benzene rings is 1. The van der Waals surface area contributed by atoms with Crippen LogP contribution in [0, 0.1) is 5.92 Å². The molecule has 19 heavy (non-hydrogen) atoms. The van der Waals surface area contributed by atoms with Crippen LogP contribution >= 0.6 is 23.2 Å². The molecule has 4 nitrogen and oxygen atoms in total. The monoisotopic (exact) mass is 305 g/mol. The molecule has 0 aromatic heterocycles. The molecule has 0 radical (unpaired) electrons. The SMILES string of the molecule is CC(C)CONC(=O)C(C)Oc1ccc(Cl)cc1Cl. The van der Waals surface area contributed by atoms with Crippen molar-refractivity contribution < 1.29 is 14.4 Å². The normalized spacial score (nSPS) is 12.3. The van der Waals surface area contributed by atoms with Gasteiger partial charge in [0.15, 0.2) is 6.10 Å². The Bertz CT molecular complexity index is 438. The van der Waals surface area contributed by atoms with Gasteiger partial charge in [-0.05, 0) is 31.0 Å². The summed E-state index contributed by atoms with van der Waals surface area (Å²) in [4.78, 5) is 16.7. The summed E-state index contributed by atoms with van der Waals surface area (Å²) in [5.41, 5.74) is 2.33. The minimum absolute atomic E-state index is 0.335. The van der Waals surface area contributed by atoms with E-state index in [9.17, 15) is 4.79 Å². The maximum atomic E-state index is 11.7. The van der Waals surface area contributed by atoms with Crippen molar-refractivity contribution in [2.45, 2.75) is 26.9 Å². The number of halogens is 2. The zero-order valence-corrected chi connectivity index (χ0v) is 12.6. The van der Waals surface area contributed by atoms with Crippen LogP contribution in [0.4, 0.5) is 0 Å². The van der Waals surface area contributed by atoms with E-state index in [-0.39, 0.29) is 5.91 Å². The Morgan fingerprint density at radius 3 is 2.58 bits per heavy atom. The number of carbonyl (C=O) groups is 1. The highest BCUT2D eigenvalue weighted by atomic mass is 35.5.